The third-order valence-electron chi connectivity index (χ3n) is 4.77. The van der Waals surface area contributed by atoms with Crippen molar-refractivity contribution in [2.45, 2.75) is 19.8 Å². The number of nitrogens with zero attached hydrogens (tertiary/aromatic N) is 4. The van der Waals surface area contributed by atoms with Gasteiger partial charge in [-0.05, 0) is 31.0 Å². The zero-order chi connectivity index (χ0) is 18.4. The fourth-order valence-corrected chi connectivity index (χ4v) is 3.32. The summed E-state index contributed by atoms with van der Waals surface area (Å²) in [6, 6.07) is 2.09. The Morgan fingerprint density at radius 1 is 1.23 bits per heavy atom. The molecule has 142 valence electrons. The Bertz CT molecular complexity index is 626. The Morgan fingerprint density at radius 2 is 1.85 bits per heavy atom. The molecule has 0 aliphatic carbocycles. The van der Waals surface area contributed by atoms with Crippen LogP contribution in [-0.2, 0) is 4.74 Å². The molecule has 2 N–H and O–H groups in total. The molecular formula is C18H28N6OS. The number of rotatable bonds is 5. The highest BCUT2D eigenvalue weighted by Crippen LogP contribution is 2.26. The average molecular weight is 377 g/mol. The fourth-order valence-electron chi connectivity index (χ4n) is 3.14. The van der Waals surface area contributed by atoms with Gasteiger partial charge >= 0.3 is 0 Å². The van der Waals surface area contributed by atoms with Crippen LogP contribution in [0, 0.1) is 5.92 Å². The molecule has 0 bridgehead atoms. The summed E-state index contributed by atoms with van der Waals surface area (Å²) in [7, 11) is 0. The summed E-state index contributed by atoms with van der Waals surface area (Å²) in [5.41, 5.74) is 0. The zero-order valence-corrected chi connectivity index (χ0v) is 16.2. The molecule has 2 saturated heterocycles. The van der Waals surface area contributed by atoms with E-state index in [1.807, 2.05) is 0 Å². The first-order chi connectivity index (χ1) is 12.7. The number of morpholine rings is 1. The van der Waals surface area contributed by atoms with Gasteiger partial charge in [0.2, 0.25) is 5.95 Å². The summed E-state index contributed by atoms with van der Waals surface area (Å²) >= 11 is 5.32. The molecule has 2 aliphatic rings. The van der Waals surface area contributed by atoms with Gasteiger partial charge in [-0.1, -0.05) is 13.0 Å². The highest BCUT2D eigenvalue weighted by Gasteiger charge is 2.21. The van der Waals surface area contributed by atoms with Gasteiger partial charge in [0.25, 0.3) is 0 Å². The van der Waals surface area contributed by atoms with Gasteiger partial charge in [-0.15, -0.1) is 6.58 Å². The minimum absolute atomic E-state index is 0.502. The monoisotopic (exact) mass is 376 g/mol. The van der Waals surface area contributed by atoms with Crippen LogP contribution < -0.4 is 20.4 Å². The van der Waals surface area contributed by atoms with Crippen molar-refractivity contribution >= 4 is 34.9 Å². The van der Waals surface area contributed by atoms with E-state index in [0.29, 0.717) is 17.6 Å². The van der Waals surface area contributed by atoms with E-state index >= 15 is 0 Å². The van der Waals surface area contributed by atoms with Gasteiger partial charge in [0.1, 0.15) is 11.6 Å². The second-order valence-electron chi connectivity index (χ2n) is 6.80. The highest BCUT2D eigenvalue weighted by molar-refractivity contribution is 7.80. The van der Waals surface area contributed by atoms with Crippen LogP contribution in [0.2, 0.25) is 0 Å². The molecule has 0 aromatic carbocycles. The largest absolute Gasteiger partial charge is 0.378 e. The molecule has 26 heavy (non-hydrogen) atoms. The number of hydrogen-bond acceptors (Lipinski definition) is 6. The summed E-state index contributed by atoms with van der Waals surface area (Å²) in [6.45, 7) is 11.8. The molecule has 0 atom stereocenters. The SMILES string of the molecule is C=CCNC(=S)Nc1nc(N2CCOCC2)cc(N2CCC(C)CC2)n1. The normalized spacial score (nSPS) is 18.5. The first kappa shape index (κ1) is 18.8. The Morgan fingerprint density at radius 3 is 2.46 bits per heavy atom. The van der Waals surface area contributed by atoms with Gasteiger partial charge in [0.15, 0.2) is 5.11 Å². The maximum absolute atomic E-state index is 5.47. The van der Waals surface area contributed by atoms with E-state index < -0.39 is 0 Å². The van der Waals surface area contributed by atoms with Crippen molar-refractivity contribution in [2.75, 3.05) is 61.1 Å². The third kappa shape index (κ3) is 5.04. The van der Waals surface area contributed by atoms with Crippen LogP contribution in [0.3, 0.4) is 0 Å². The minimum Gasteiger partial charge on any atom is -0.378 e. The number of piperidine rings is 1. The van der Waals surface area contributed by atoms with Crippen LogP contribution in [0.1, 0.15) is 19.8 Å². The molecule has 1 aromatic heterocycles. The Kier molecular flexibility index (Phi) is 6.62. The van der Waals surface area contributed by atoms with E-state index in [0.717, 1.165) is 56.9 Å². The minimum atomic E-state index is 0.502. The molecule has 2 aliphatic heterocycles. The van der Waals surface area contributed by atoms with E-state index in [1.54, 1.807) is 6.08 Å². The molecule has 2 fully saturated rings. The quantitative estimate of drug-likeness (QED) is 0.598. The molecule has 0 spiro atoms. The van der Waals surface area contributed by atoms with Gasteiger partial charge in [-0.2, -0.15) is 9.97 Å². The Hall–Kier alpha value is -1.93. The number of anilines is 3. The van der Waals surface area contributed by atoms with E-state index in [2.05, 4.69) is 45.0 Å². The van der Waals surface area contributed by atoms with Crippen LogP contribution in [0.5, 0.6) is 0 Å². The lowest BCUT2D eigenvalue weighted by molar-refractivity contribution is 0.122. The topological polar surface area (TPSA) is 65.6 Å². The number of ether oxygens (including phenoxy) is 1. The van der Waals surface area contributed by atoms with E-state index in [1.165, 1.54) is 12.8 Å². The third-order valence-corrected chi connectivity index (χ3v) is 5.02. The van der Waals surface area contributed by atoms with Crippen molar-refractivity contribution in [1.82, 2.24) is 15.3 Å². The second-order valence-corrected chi connectivity index (χ2v) is 7.21. The van der Waals surface area contributed by atoms with Crippen molar-refractivity contribution in [3.63, 3.8) is 0 Å². The lowest BCUT2D eigenvalue weighted by Crippen LogP contribution is -2.38. The maximum atomic E-state index is 5.47. The van der Waals surface area contributed by atoms with E-state index in [-0.39, 0.29) is 0 Å². The molecule has 0 saturated carbocycles. The zero-order valence-electron chi connectivity index (χ0n) is 15.4. The van der Waals surface area contributed by atoms with Crippen molar-refractivity contribution in [3.05, 3.63) is 18.7 Å². The first-order valence-corrected chi connectivity index (χ1v) is 9.69. The van der Waals surface area contributed by atoms with Crippen molar-refractivity contribution in [1.29, 1.82) is 0 Å². The van der Waals surface area contributed by atoms with Crippen LogP contribution in [-0.4, -0.2) is 61.0 Å². The van der Waals surface area contributed by atoms with Crippen molar-refractivity contribution in [2.24, 2.45) is 5.92 Å². The summed E-state index contributed by atoms with van der Waals surface area (Å²) in [6.07, 6.45) is 4.15. The molecule has 7 nitrogen and oxygen atoms in total. The van der Waals surface area contributed by atoms with E-state index in [4.69, 9.17) is 21.9 Å². The molecule has 8 heteroatoms. The Labute approximate surface area is 160 Å². The first-order valence-electron chi connectivity index (χ1n) is 9.28. The molecule has 3 heterocycles. The van der Waals surface area contributed by atoms with Crippen molar-refractivity contribution in [3.8, 4) is 0 Å². The molecule has 0 amide bonds. The van der Waals surface area contributed by atoms with Crippen molar-refractivity contribution < 1.29 is 4.74 Å². The predicted molar refractivity (Wildman–Crippen MR) is 110 cm³/mol. The van der Waals surface area contributed by atoms with E-state index in [9.17, 15) is 0 Å². The average Bonchev–Trinajstić information content (AvgIpc) is 2.67. The van der Waals surface area contributed by atoms with Gasteiger partial charge in [0, 0.05) is 38.8 Å². The lowest BCUT2D eigenvalue weighted by Gasteiger charge is -2.33. The summed E-state index contributed by atoms with van der Waals surface area (Å²) in [5.74, 6) is 3.19. The molecule has 1 aromatic rings. The van der Waals surface area contributed by atoms with Gasteiger partial charge in [-0.25, -0.2) is 0 Å². The Balaban J connectivity index is 1.81. The molecule has 0 unspecified atom stereocenters. The van der Waals surface area contributed by atoms with Gasteiger partial charge in [-0.3, -0.25) is 0 Å². The predicted octanol–water partition coefficient (Wildman–Crippen LogP) is 2.02. The fraction of sp³-hybridized carbons (Fsp3) is 0.611. The number of aromatic nitrogens is 2. The van der Waals surface area contributed by atoms with Crippen LogP contribution in [0.4, 0.5) is 17.6 Å². The number of hydrogen-bond donors (Lipinski definition) is 2. The summed E-state index contributed by atoms with van der Waals surface area (Å²) in [4.78, 5) is 14.0. The summed E-state index contributed by atoms with van der Waals surface area (Å²) < 4.78 is 5.47. The van der Waals surface area contributed by atoms with Crippen LogP contribution in [0.15, 0.2) is 18.7 Å². The molecule has 0 radical (unpaired) electrons. The molecular weight excluding hydrogens is 348 g/mol. The van der Waals surface area contributed by atoms with Crippen LogP contribution in [0.25, 0.3) is 0 Å². The highest BCUT2D eigenvalue weighted by atomic mass is 32.1. The van der Waals surface area contributed by atoms with Crippen LogP contribution >= 0.6 is 12.2 Å². The smallest absolute Gasteiger partial charge is 0.232 e. The number of thiocarbonyl (C=S) groups is 1. The number of nitrogens with one attached hydrogen (secondary N) is 2. The van der Waals surface area contributed by atoms with Gasteiger partial charge < -0.3 is 25.2 Å². The maximum Gasteiger partial charge on any atom is 0.232 e. The lowest BCUT2D eigenvalue weighted by atomic mass is 9.99. The van der Waals surface area contributed by atoms with Gasteiger partial charge in [0.05, 0.1) is 13.2 Å². The molecule has 3 rings (SSSR count). The standard InChI is InChI=1S/C18H28N6OS/c1-3-6-19-18(26)22-17-20-15(23-7-4-14(2)5-8-23)13-16(21-17)24-9-11-25-12-10-24/h3,13-14H,1,4-12H2,2H3,(H2,19,20,21,22,26). The summed E-state index contributed by atoms with van der Waals surface area (Å²) in [5, 5.41) is 6.67. The second kappa shape index (κ2) is 9.14.